The number of carboxylic acids is 1. The van der Waals surface area contributed by atoms with Crippen LogP contribution in [0.5, 0.6) is 0 Å². The van der Waals surface area contributed by atoms with Gasteiger partial charge in [0, 0.05) is 0 Å². The van der Waals surface area contributed by atoms with Crippen molar-refractivity contribution in [3.63, 3.8) is 0 Å². The van der Waals surface area contributed by atoms with E-state index in [1.807, 2.05) is 30.3 Å². The number of carboxylic acid groups (broad SMARTS) is 1. The van der Waals surface area contributed by atoms with E-state index in [2.05, 4.69) is 0 Å². The molecule has 1 aliphatic heterocycles. The topological polar surface area (TPSA) is 71.4 Å². The van der Waals surface area contributed by atoms with Crippen LogP contribution in [-0.4, -0.2) is 31.0 Å². The zero-order chi connectivity index (χ0) is 13.9. The van der Waals surface area contributed by atoms with Gasteiger partial charge in [-0.2, -0.15) is 0 Å². The molecule has 1 N–H and O–H groups in total. The third kappa shape index (κ3) is 3.35. The van der Waals surface area contributed by atoms with E-state index >= 15 is 0 Å². The maximum atomic E-state index is 11.5. The summed E-state index contributed by atoms with van der Waals surface area (Å²) in [7, 11) is -3.17. The minimum atomic E-state index is -3.17. The number of aryl methyl sites for hydroxylation is 1. The van der Waals surface area contributed by atoms with E-state index < -0.39 is 21.2 Å². The smallest absolute Gasteiger partial charge is 0.310 e. The molecule has 0 spiro atoms. The van der Waals surface area contributed by atoms with Gasteiger partial charge in [-0.3, -0.25) is 4.79 Å². The predicted molar refractivity (Wildman–Crippen MR) is 72.7 cm³/mol. The maximum Gasteiger partial charge on any atom is 0.310 e. The number of aliphatic carboxylic acids is 1. The highest BCUT2D eigenvalue weighted by Gasteiger charge is 2.47. The summed E-state index contributed by atoms with van der Waals surface area (Å²) in [4.78, 5) is 11.4. The molecule has 0 bridgehead atoms. The molecular weight excluding hydrogens is 264 g/mol. The Bertz CT molecular complexity index is 550. The lowest BCUT2D eigenvalue weighted by Gasteiger charge is -2.22. The fourth-order valence-corrected chi connectivity index (χ4v) is 4.76. The van der Waals surface area contributed by atoms with Crippen molar-refractivity contribution in [2.75, 3.05) is 11.5 Å². The summed E-state index contributed by atoms with van der Waals surface area (Å²) in [5, 5.41) is 9.33. The molecule has 0 radical (unpaired) electrons. The fraction of sp³-hybridized carbons (Fsp3) is 0.500. The van der Waals surface area contributed by atoms with Gasteiger partial charge in [0.25, 0.3) is 0 Å². The Kier molecular flexibility index (Phi) is 3.94. The molecule has 1 aromatic carbocycles. The van der Waals surface area contributed by atoms with Gasteiger partial charge < -0.3 is 5.11 Å². The zero-order valence-electron chi connectivity index (χ0n) is 10.7. The van der Waals surface area contributed by atoms with Crippen LogP contribution in [0.2, 0.25) is 0 Å². The molecule has 104 valence electrons. The van der Waals surface area contributed by atoms with Crippen molar-refractivity contribution < 1.29 is 18.3 Å². The normalized spacial score (nSPS) is 25.3. The number of sulfone groups is 1. The van der Waals surface area contributed by atoms with E-state index in [9.17, 15) is 18.3 Å². The monoisotopic (exact) mass is 282 g/mol. The highest BCUT2D eigenvalue weighted by molar-refractivity contribution is 7.91. The molecule has 1 unspecified atom stereocenters. The summed E-state index contributed by atoms with van der Waals surface area (Å²) in [6, 6.07) is 9.83. The van der Waals surface area contributed by atoms with Crippen LogP contribution in [0.4, 0.5) is 0 Å². The molecule has 1 aromatic rings. The van der Waals surface area contributed by atoms with E-state index in [1.54, 1.807) is 0 Å². The van der Waals surface area contributed by atoms with Crippen LogP contribution in [0, 0.1) is 5.41 Å². The van der Waals surface area contributed by atoms with Gasteiger partial charge in [-0.25, -0.2) is 8.42 Å². The van der Waals surface area contributed by atoms with Crippen LogP contribution in [0.3, 0.4) is 0 Å². The quantitative estimate of drug-likeness (QED) is 0.895. The van der Waals surface area contributed by atoms with Crippen LogP contribution >= 0.6 is 0 Å². The molecule has 1 heterocycles. The average Bonchev–Trinajstić information content (AvgIpc) is 2.68. The van der Waals surface area contributed by atoms with Crippen molar-refractivity contribution in [2.45, 2.75) is 25.7 Å². The minimum absolute atomic E-state index is 0.00460. The lowest BCUT2D eigenvalue weighted by atomic mass is 9.82. The number of hydrogen-bond donors (Lipinski definition) is 1. The molecule has 1 saturated heterocycles. The van der Waals surface area contributed by atoms with Gasteiger partial charge in [-0.15, -0.1) is 0 Å². The van der Waals surface area contributed by atoms with Gasteiger partial charge in [-0.1, -0.05) is 30.3 Å². The predicted octanol–water partition coefficient (Wildman–Crippen LogP) is 1.90. The Morgan fingerprint density at radius 2 is 1.95 bits per heavy atom. The first-order valence-corrected chi connectivity index (χ1v) is 8.23. The van der Waals surface area contributed by atoms with Gasteiger partial charge in [0.1, 0.15) is 0 Å². The van der Waals surface area contributed by atoms with E-state index in [0.717, 1.165) is 12.0 Å². The maximum absolute atomic E-state index is 11.5. The summed E-state index contributed by atoms with van der Waals surface area (Å²) in [5.41, 5.74) is 0.0945. The van der Waals surface area contributed by atoms with Gasteiger partial charge in [0.15, 0.2) is 9.84 Å². The molecular formula is C14H18O4S. The molecule has 0 amide bonds. The standard InChI is InChI=1S/C14H18O4S/c15-13(16)14(9-10-19(17,18)11-14)8-4-7-12-5-2-1-3-6-12/h1-3,5-6H,4,7-11H2,(H,15,16). The molecule has 0 saturated carbocycles. The van der Waals surface area contributed by atoms with Gasteiger partial charge in [0.2, 0.25) is 0 Å². The summed E-state index contributed by atoms with van der Waals surface area (Å²) in [6.07, 6.45) is 2.16. The number of benzene rings is 1. The van der Waals surface area contributed by atoms with E-state index in [4.69, 9.17) is 0 Å². The van der Waals surface area contributed by atoms with Crippen molar-refractivity contribution in [3.05, 3.63) is 35.9 Å². The Balaban J connectivity index is 1.98. The summed E-state index contributed by atoms with van der Waals surface area (Å²) in [5.74, 6) is -1.17. The fourth-order valence-electron chi connectivity index (χ4n) is 2.66. The van der Waals surface area contributed by atoms with Crippen LogP contribution in [-0.2, 0) is 21.1 Å². The van der Waals surface area contributed by atoms with Crippen molar-refractivity contribution in [2.24, 2.45) is 5.41 Å². The third-order valence-corrected chi connectivity index (χ3v) is 5.62. The molecule has 5 heteroatoms. The molecule has 1 fully saturated rings. The van der Waals surface area contributed by atoms with Crippen LogP contribution in [0.15, 0.2) is 30.3 Å². The molecule has 1 aliphatic rings. The Morgan fingerprint density at radius 1 is 1.26 bits per heavy atom. The Hall–Kier alpha value is -1.36. The largest absolute Gasteiger partial charge is 0.481 e. The zero-order valence-corrected chi connectivity index (χ0v) is 11.5. The second-order valence-corrected chi connectivity index (χ2v) is 7.45. The first-order chi connectivity index (χ1) is 8.94. The Morgan fingerprint density at radius 3 is 2.47 bits per heavy atom. The van der Waals surface area contributed by atoms with E-state index in [1.165, 1.54) is 0 Å². The van der Waals surface area contributed by atoms with Gasteiger partial charge >= 0.3 is 5.97 Å². The second-order valence-electron chi connectivity index (χ2n) is 5.27. The van der Waals surface area contributed by atoms with Crippen LogP contribution in [0.25, 0.3) is 0 Å². The van der Waals surface area contributed by atoms with E-state index in [-0.39, 0.29) is 17.9 Å². The summed E-state index contributed by atoms with van der Waals surface area (Å²) >= 11 is 0. The second kappa shape index (κ2) is 5.33. The lowest BCUT2D eigenvalue weighted by molar-refractivity contribution is -0.147. The highest BCUT2D eigenvalue weighted by Crippen LogP contribution is 2.37. The molecule has 4 nitrogen and oxygen atoms in total. The third-order valence-electron chi connectivity index (χ3n) is 3.81. The molecule has 2 rings (SSSR count). The van der Waals surface area contributed by atoms with E-state index in [0.29, 0.717) is 12.8 Å². The van der Waals surface area contributed by atoms with Crippen LogP contribution in [0.1, 0.15) is 24.8 Å². The van der Waals surface area contributed by atoms with Crippen LogP contribution < -0.4 is 0 Å². The first-order valence-electron chi connectivity index (χ1n) is 6.41. The summed E-state index contributed by atoms with van der Waals surface area (Å²) < 4.78 is 23.0. The van der Waals surface area contributed by atoms with Gasteiger partial charge in [-0.05, 0) is 31.2 Å². The van der Waals surface area contributed by atoms with Crippen molar-refractivity contribution in [1.82, 2.24) is 0 Å². The van der Waals surface area contributed by atoms with Crippen molar-refractivity contribution in [3.8, 4) is 0 Å². The minimum Gasteiger partial charge on any atom is -0.481 e. The SMILES string of the molecule is O=C(O)C1(CCCc2ccccc2)CCS(=O)(=O)C1. The molecule has 0 aromatic heterocycles. The first kappa shape index (κ1) is 14.1. The number of rotatable bonds is 5. The number of hydrogen-bond acceptors (Lipinski definition) is 3. The average molecular weight is 282 g/mol. The lowest BCUT2D eigenvalue weighted by Crippen LogP contribution is -2.32. The molecule has 1 atom stereocenters. The van der Waals surface area contributed by atoms with Crippen molar-refractivity contribution >= 4 is 15.8 Å². The molecule has 19 heavy (non-hydrogen) atoms. The Labute approximate surface area is 113 Å². The molecule has 0 aliphatic carbocycles. The highest BCUT2D eigenvalue weighted by atomic mass is 32.2. The van der Waals surface area contributed by atoms with Crippen molar-refractivity contribution in [1.29, 1.82) is 0 Å². The summed E-state index contributed by atoms with van der Waals surface area (Å²) in [6.45, 7) is 0. The number of carbonyl (C=O) groups is 1. The van der Waals surface area contributed by atoms with Gasteiger partial charge in [0.05, 0.1) is 16.9 Å².